The Kier molecular flexibility index (Phi) is 6.13. The molecule has 1 aromatic rings. The van der Waals surface area contributed by atoms with Crippen molar-refractivity contribution in [3.63, 3.8) is 0 Å². The highest BCUT2D eigenvalue weighted by molar-refractivity contribution is 7.08. The third-order valence-electron chi connectivity index (χ3n) is 3.55. The van der Waals surface area contributed by atoms with Crippen LogP contribution in [0.2, 0.25) is 0 Å². The molecule has 1 aliphatic rings. The molecule has 10 heteroatoms. The minimum absolute atomic E-state index is 0.172. The highest BCUT2D eigenvalue weighted by Crippen LogP contribution is 2.22. The lowest BCUT2D eigenvalue weighted by Gasteiger charge is -2.31. The number of carboxylic acids is 2. The molecule has 0 aromatic carbocycles. The summed E-state index contributed by atoms with van der Waals surface area (Å²) in [5, 5.41) is 34.1. The molecule has 1 fully saturated rings. The van der Waals surface area contributed by atoms with Crippen LogP contribution >= 0.6 is 11.3 Å². The molecule has 2 heterocycles. The van der Waals surface area contributed by atoms with Crippen LogP contribution in [0.5, 0.6) is 0 Å². The van der Waals surface area contributed by atoms with E-state index in [-0.39, 0.29) is 25.2 Å². The average molecular weight is 353 g/mol. The smallest absolute Gasteiger partial charge is 0.478 e. The molecule has 0 saturated carbocycles. The fourth-order valence-corrected chi connectivity index (χ4v) is 3.11. The van der Waals surface area contributed by atoms with Crippen LogP contribution in [0.4, 0.5) is 0 Å². The number of carboxylic acid groups (broad SMARTS) is 2. The van der Waals surface area contributed by atoms with Crippen LogP contribution in [-0.2, 0) is 25.5 Å². The van der Waals surface area contributed by atoms with Gasteiger partial charge in [-0.15, -0.1) is 0 Å². The summed E-state index contributed by atoms with van der Waals surface area (Å²) in [7, 11) is -1.41. The second-order valence-electron chi connectivity index (χ2n) is 5.32. The zero-order valence-electron chi connectivity index (χ0n) is 12.5. The number of hydrogen-bond acceptors (Lipinski definition) is 6. The SMILES string of the molecule is O=C(O)C=C(C(=O)O)[C@@H]1CC[C@H](NC(=O)Cc2ccsc2)B(O)O1. The molecule has 24 heavy (non-hydrogen) atoms. The molecular formula is C14H16BNO7S. The standard InChI is InChI=1S/C14H16BNO7S/c17-12(5-8-3-4-24-7-8)16-11-2-1-10(23-15(11)22)9(14(20)21)6-13(18)19/h3-4,6-7,10-11,22H,1-2,5H2,(H,16,17)(H,18,19)(H,20,21)/t10-,11-/m0/s1. The van der Waals surface area contributed by atoms with E-state index in [2.05, 4.69) is 5.32 Å². The number of thiophene rings is 1. The van der Waals surface area contributed by atoms with Crippen molar-refractivity contribution < 1.29 is 34.3 Å². The summed E-state index contributed by atoms with van der Waals surface area (Å²) < 4.78 is 5.19. The zero-order valence-corrected chi connectivity index (χ0v) is 13.4. The Labute approximate surface area is 141 Å². The molecule has 1 amide bonds. The third-order valence-corrected chi connectivity index (χ3v) is 4.28. The minimum atomic E-state index is -1.42. The number of carbonyl (C=O) groups excluding carboxylic acids is 1. The van der Waals surface area contributed by atoms with Crippen LogP contribution in [0, 0.1) is 0 Å². The molecule has 1 saturated heterocycles. The Bertz CT molecular complexity index is 646. The van der Waals surface area contributed by atoms with Crippen LogP contribution in [-0.4, -0.2) is 52.2 Å². The monoisotopic (exact) mass is 353 g/mol. The molecule has 0 radical (unpaired) electrons. The lowest BCUT2D eigenvalue weighted by atomic mass is 9.71. The molecule has 4 N–H and O–H groups in total. The normalized spacial score (nSPS) is 21.4. The van der Waals surface area contributed by atoms with E-state index in [1.165, 1.54) is 11.3 Å². The maximum Gasteiger partial charge on any atom is 0.478 e. The molecule has 0 bridgehead atoms. The summed E-state index contributed by atoms with van der Waals surface area (Å²) in [5.41, 5.74) is 0.420. The fourth-order valence-electron chi connectivity index (χ4n) is 2.44. The van der Waals surface area contributed by atoms with Crippen LogP contribution in [0.3, 0.4) is 0 Å². The second-order valence-corrected chi connectivity index (χ2v) is 6.10. The molecule has 1 aliphatic heterocycles. The quantitative estimate of drug-likeness (QED) is 0.420. The molecular weight excluding hydrogens is 337 g/mol. The van der Waals surface area contributed by atoms with Gasteiger partial charge in [0.2, 0.25) is 5.91 Å². The topological polar surface area (TPSA) is 133 Å². The van der Waals surface area contributed by atoms with E-state index in [1.807, 2.05) is 16.8 Å². The van der Waals surface area contributed by atoms with Gasteiger partial charge in [0.15, 0.2) is 0 Å². The van der Waals surface area contributed by atoms with Crippen molar-refractivity contribution in [2.24, 2.45) is 0 Å². The summed E-state index contributed by atoms with van der Waals surface area (Å²) >= 11 is 1.48. The number of aliphatic carboxylic acids is 2. The predicted molar refractivity (Wildman–Crippen MR) is 85.4 cm³/mol. The number of amides is 1. The van der Waals surface area contributed by atoms with Gasteiger partial charge in [-0.05, 0) is 35.2 Å². The van der Waals surface area contributed by atoms with Crippen molar-refractivity contribution in [1.29, 1.82) is 0 Å². The van der Waals surface area contributed by atoms with Crippen molar-refractivity contribution in [2.75, 3.05) is 0 Å². The maximum atomic E-state index is 11.9. The fraction of sp³-hybridized carbons (Fsp3) is 0.357. The van der Waals surface area contributed by atoms with E-state index < -0.39 is 36.7 Å². The Morgan fingerprint density at radius 2 is 2.12 bits per heavy atom. The average Bonchev–Trinajstić information content (AvgIpc) is 2.99. The molecule has 8 nitrogen and oxygen atoms in total. The molecule has 0 aliphatic carbocycles. The van der Waals surface area contributed by atoms with Gasteiger partial charge in [0.1, 0.15) is 0 Å². The Balaban J connectivity index is 1.93. The van der Waals surface area contributed by atoms with E-state index >= 15 is 0 Å². The van der Waals surface area contributed by atoms with Gasteiger partial charge in [0, 0.05) is 6.08 Å². The summed E-state index contributed by atoms with van der Waals surface area (Å²) in [6.07, 6.45) is 0.126. The summed E-state index contributed by atoms with van der Waals surface area (Å²) in [4.78, 5) is 33.7. The number of carbonyl (C=O) groups is 3. The van der Waals surface area contributed by atoms with E-state index in [4.69, 9.17) is 14.9 Å². The molecule has 0 unspecified atom stereocenters. The molecule has 1 aromatic heterocycles. The molecule has 128 valence electrons. The van der Waals surface area contributed by atoms with Gasteiger partial charge in [-0.1, -0.05) is 0 Å². The van der Waals surface area contributed by atoms with Crippen molar-refractivity contribution in [2.45, 2.75) is 31.3 Å². The largest absolute Gasteiger partial charge is 0.478 e. The van der Waals surface area contributed by atoms with Gasteiger partial charge in [-0.25, -0.2) is 9.59 Å². The highest BCUT2D eigenvalue weighted by atomic mass is 32.1. The highest BCUT2D eigenvalue weighted by Gasteiger charge is 2.38. The van der Waals surface area contributed by atoms with Crippen molar-refractivity contribution >= 4 is 36.3 Å². The molecule has 2 rings (SSSR count). The van der Waals surface area contributed by atoms with Gasteiger partial charge < -0.3 is 25.2 Å². The third kappa shape index (κ3) is 4.92. The summed E-state index contributed by atoms with van der Waals surface area (Å²) in [5.74, 6) is -3.78. The molecule has 2 atom stereocenters. The van der Waals surface area contributed by atoms with Crippen LogP contribution in [0.15, 0.2) is 28.5 Å². The van der Waals surface area contributed by atoms with Gasteiger partial charge in [0.05, 0.1) is 24.0 Å². The second kappa shape index (κ2) is 8.09. The van der Waals surface area contributed by atoms with Crippen LogP contribution in [0.1, 0.15) is 18.4 Å². The molecule has 0 spiro atoms. The summed E-state index contributed by atoms with van der Waals surface area (Å²) in [6.45, 7) is 0. The van der Waals surface area contributed by atoms with Gasteiger partial charge >= 0.3 is 19.1 Å². The number of nitrogens with one attached hydrogen (secondary N) is 1. The Hall–Kier alpha value is -2.17. The van der Waals surface area contributed by atoms with Crippen LogP contribution < -0.4 is 5.32 Å². The summed E-state index contributed by atoms with van der Waals surface area (Å²) in [6, 6.07) is 1.82. The van der Waals surface area contributed by atoms with Crippen molar-refractivity contribution in [3.8, 4) is 0 Å². The first-order chi connectivity index (χ1) is 11.4. The first-order valence-electron chi connectivity index (χ1n) is 7.18. The van der Waals surface area contributed by atoms with Gasteiger partial charge in [-0.3, -0.25) is 4.79 Å². The Morgan fingerprint density at radius 3 is 2.67 bits per heavy atom. The van der Waals surface area contributed by atoms with E-state index in [9.17, 15) is 19.4 Å². The Morgan fingerprint density at radius 1 is 1.38 bits per heavy atom. The zero-order chi connectivity index (χ0) is 17.7. The first kappa shape index (κ1) is 18.2. The van der Waals surface area contributed by atoms with Gasteiger partial charge in [-0.2, -0.15) is 11.3 Å². The number of rotatable bonds is 6. The lowest BCUT2D eigenvalue weighted by molar-refractivity contribution is -0.136. The van der Waals surface area contributed by atoms with Crippen molar-refractivity contribution in [1.82, 2.24) is 5.32 Å². The maximum absolute atomic E-state index is 11.9. The number of hydrogen-bond donors (Lipinski definition) is 4. The lowest BCUT2D eigenvalue weighted by Crippen LogP contribution is -2.53. The van der Waals surface area contributed by atoms with E-state index in [1.54, 1.807) is 0 Å². The van der Waals surface area contributed by atoms with Crippen molar-refractivity contribution in [3.05, 3.63) is 34.0 Å². The van der Waals surface area contributed by atoms with Crippen LogP contribution in [0.25, 0.3) is 0 Å². The van der Waals surface area contributed by atoms with E-state index in [0.717, 1.165) is 5.56 Å². The minimum Gasteiger partial charge on any atom is -0.478 e. The van der Waals surface area contributed by atoms with Gasteiger partial charge in [0.25, 0.3) is 0 Å². The predicted octanol–water partition coefficient (Wildman–Crippen LogP) is 0.0697. The van der Waals surface area contributed by atoms with E-state index in [0.29, 0.717) is 6.08 Å². The first-order valence-corrected chi connectivity index (χ1v) is 8.13.